The predicted octanol–water partition coefficient (Wildman–Crippen LogP) is 13.4. The van der Waals surface area contributed by atoms with Crippen LogP contribution in [0.4, 0.5) is 5.82 Å². The van der Waals surface area contributed by atoms with Crippen LogP contribution in [-0.4, -0.2) is 24.0 Å². The van der Waals surface area contributed by atoms with Gasteiger partial charge >= 0.3 is 0 Å². The Kier molecular flexibility index (Phi) is 19.8. The molecule has 2 N–H and O–H groups in total. The van der Waals surface area contributed by atoms with E-state index in [1.807, 2.05) is 108 Å². The summed E-state index contributed by atoms with van der Waals surface area (Å²) in [4.78, 5) is 8.80. The Morgan fingerprint density at radius 3 is 1.43 bits per heavy atom. The summed E-state index contributed by atoms with van der Waals surface area (Å²) in [5, 5.41) is 4.44. The number of hydrogen-bond donors (Lipinski definition) is 1. The first-order chi connectivity index (χ1) is 26.4. The van der Waals surface area contributed by atoms with Crippen molar-refractivity contribution in [3.05, 3.63) is 169 Å². The minimum absolute atomic E-state index is 0.591. The summed E-state index contributed by atoms with van der Waals surface area (Å²) < 4.78 is 3.68. The average molecular weight is 721 g/mol. The molecular weight excluding hydrogens is 661 g/mol. The van der Waals surface area contributed by atoms with Crippen LogP contribution in [0.3, 0.4) is 0 Å². The quantitative estimate of drug-likeness (QED) is 0.197. The van der Waals surface area contributed by atoms with Crippen molar-refractivity contribution in [1.29, 1.82) is 0 Å². The van der Waals surface area contributed by atoms with Crippen molar-refractivity contribution in [1.82, 2.24) is 24.0 Å². The molecule has 282 valence electrons. The van der Waals surface area contributed by atoms with E-state index in [2.05, 4.69) is 127 Å². The van der Waals surface area contributed by atoms with Crippen LogP contribution >= 0.6 is 0 Å². The fraction of sp³-hybridized carbons (Fsp3) is 0.229. The van der Waals surface area contributed by atoms with Gasteiger partial charge in [-0.2, -0.15) is 9.61 Å². The zero-order valence-electron chi connectivity index (χ0n) is 34.2. The van der Waals surface area contributed by atoms with Gasteiger partial charge in [0.05, 0.1) is 11.4 Å². The van der Waals surface area contributed by atoms with Gasteiger partial charge in [0.1, 0.15) is 11.5 Å². The maximum absolute atomic E-state index is 5.83. The molecule has 0 atom stereocenters. The summed E-state index contributed by atoms with van der Waals surface area (Å²) in [6.07, 6.45) is 5.76. The number of pyridine rings is 1. The number of anilines is 1. The predicted molar refractivity (Wildman–Crippen MR) is 235 cm³/mol. The molecule has 4 aromatic carbocycles. The summed E-state index contributed by atoms with van der Waals surface area (Å²) in [5.74, 6) is 0.591. The average Bonchev–Trinajstić information content (AvgIpc) is 3.89. The van der Waals surface area contributed by atoms with Gasteiger partial charge in [0.25, 0.3) is 0 Å². The van der Waals surface area contributed by atoms with Gasteiger partial charge in [0.2, 0.25) is 0 Å². The molecule has 8 rings (SSSR count). The van der Waals surface area contributed by atoms with Crippen molar-refractivity contribution in [3.8, 4) is 33.6 Å². The number of aromatic nitrogens is 5. The Labute approximate surface area is 324 Å². The van der Waals surface area contributed by atoms with Gasteiger partial charge in [-0.25, -0.2) is 9.97 Å². The molecule has 0 radical (unpaired) electrons. The molecule has 0 saturated carbocycles. The first-order valence-corrected chi connectivity index (χ1v) is 19.2. The first-order valence-electron chi connectivity index (χ1n) is 19.2. The topological polar surface area (TPSA) is 73.5 Å². The Hall–Kier alpha value is -6.01. The highest BCUT2D eigenvalue weighted by atomic mass is 15.3. The molecule has 6 nitrogen and oxygen atoms in total. The third kappa shape index (κ3) is 12.9. The molecule has 0 aliphatic rings. The van der Waals surface area contributed by atoms with Crippen LogP contribution in [0, 0.1) is 20.8 Å². The van der Waals surface area contributed by atoms with Crippen molar-refractivity contribution in [2.75, 3.05) is 5.73 Å². The van der Waals surface area contributed by atoms with Crippen molar-refractivity contribution in [2.45, 2.75) is 76.2 Å². The number of imidazole rings is 1. The lowest BCUT2D eigenvalue weighted by Crippen LogP contribution is -1.98. The van der Waals surface area contributed by atoms with E-state index in [0.29, 0.717) is 5.82 Å². The fourth-order valence-electron chi connectivity index (χ4n) is 4.95. The summed E-state index contributed by atoms with van der Waals surface area (Å²) >= 11 is 0. The first kappa shape index (κ1) is 44.2. The van der Waals surface area contributed by atoms with E-state index in [9.17, 15) is 0 Å². The summed E-state index contributed by atoms with van der Waals surface area (Å²) in [5.41, 5.74) is 18.1. The minimum Gasteiger partial charge on any atom is -0.384 e. The normalized spacial score (nSPS) is 9.46. The molecule has 0 amide bonds. The molecule has 8 aromatic rings. The Morgan fingerprint density at radius 2 is 0.926 bits per heavy atom. The number of nitrogens with zero attached hydrogens (tertiary/aromatic N) is 5. The highest BCUT2D eigenvalue weighted by molar-refractivity contribution is 5.66. The minimum atomic E-state index is 0.591. The van der Waals surface area contributed by atoms with Crippen molar-refractivity contribution in [3.63, 3.8) is 0 Å². The lowest BCUT2D eigenvalue weighted by Gasteiger charge is -2.00. The molecule has 4 heterocycles. The van der Waals surface area contributed by atoms with E-state index in [-0.39, 0.29) is 0 Å². The third-order valence-electron chi connectivity index (χ3n) is 7.60. The zero-order chi connectivity index (χ0) is 39.9. The number of nitrogens with two attached hydrogens (primary N) is 1. The van der Waals surface area contributed by atoms with Gasteiger partial charge in [-0.05, 0) is 50.1 Å². The highest BCUT2D eigenvalue weighted by Gasteiger charge is 2.06. The number of aryl methyl sites for hydroxylation is 3. The lowest BCUT2D eigenvalue weighted by molar-refractivity contribution is 0.956. The molecule has 6 heteroatoms. The second-order valence-electron chi connectivity index (χ2n) is 11.2. The number of benzene rings is 4. The van der Waals surface area contributed by atoms with Gasteiger partial charge in [-0.15, -0.1) is 0 Å². The van der Waals surface area contributed by atoms with Gasteiger partial charge in [0.15, 0.2) is 5.65 Å². The van der Waals surface area contributed by atoms with Crippen LogP contribution in [-0.2, 0) is 0 Å². The Bertz CT molecular complexity index is 2130. The zero-order valence-corrected chi connectivity index (χ0v) is 34.2. The molecule has 0 fully saturated rings. The van der Waals surface area contributed by atoms with Crippen molar-refractivity contribution in [2.24, 2.45) is 0 Å². The molecule has 0 saturated heterocycles. The van der Waals surface area contributed by atoms with Crippen molar-refractivity contribution < 1.29 is 0 Å². The van der Waals surface area contributed by atoms with Crippen LogP contribution < -0.4 is 5.73 Å². The van der Waals surface area contributed by atoms with Crippen LogP contribution in [0.15, 0.2) is 152 Å². The van der Waals surface area contributed by atoms with E-state index in [0.717, 1.165) is 33.8 Å². The van der Waals surface area contributed by atoms with Crippen molar-refractivity contribution >= 4 is 17.1 Å². The SMILES string of the molecule is CC.CC.CC.CC.Cc1ccc(-c2cc3nccc(N)n3n2)cc1.Cc1ccc(-c2ccccc2)cc1.Cc1ccc(-c2cn3ccccc3n2)cc1. The molecule has 54 heavy (non-hydrogen) atoms. The summed E-state index contributed by atoms with van der Waals surface area (Å²) in [7, 11) is 0. The highest BCUT2D eigenvalue weighted by Crippen LogP contribution is 2.22. The van der Waals surface area contributed by atoms with Gasteiger partial charge in [-0.1, -0.05) is 181 Å². The molecule has 4 aromatic heterocycles. The smallest absolute Gasteiger partial charge is 0.157 e. The molecule has 0 aliphatic heterocycles. The lowest BCUT2D eigenvalue weighted by atomic mass is 10.0. The second-order valence-corrected chi connectivity index (χ2v) is 11.2. The third-order valence-corrected chi connectivity index (χ3v) is 7.60. The van der Waals surface area contributed by atoms with Crippen LogP contribution in [0.5, 0.6) is 0 Å². The molecule has 0 aliphatic carbocycles. The number of fused-ring (bicyclic) bond motifs is 2. The molecule has 0 unspecified atom stereocenters. The molecule has 0 bridgehead atoms. The van der Waals surface area contributed by atoms with E-state index >= 15 is 0 Å². The fourth-order valence-corrected chi connectivity index (χ4v) is 4.95. The van der Waals surface area contributed by atoms with Crippen LogP contribution in [0.25, 0.3) is 44.9 Å². The van der Waals surface area contributed by atoms with E-state index in [4.69, 9.17) is 5.73 Å². The van der Waals surface area contributed by atoms with Gasteiger partial charge in [0, 0.05) is 35.8 Å². The van der Waals surface area contributed by atoms with E-state index < -0.39 is 0 Å². The molecule has 0 spiro atoms. The number of nitrogen functional groups attached to an aromatic ring is 1. The van der Waals surface area contributed by atoms with Crippen LogP contribution in [0.2, 0.25) is 0 Å². The Morgan fingerprint density at radius 1 is 0.463 bits per heavy atom. The monoisotopic (exact) mass is 720 g/mol. The second kappa shape index (κ2) is 24.3. The van der Waals surface area contributed by atoms with Gasteiger partial charge in [-0.3, -0.25) is 0 Å². The maximum Gasteiger partial charge on any atom is 0.157 e. The standard InChI is InChI=1S/C14H12N2.C13H12N4.C13H12.4C2H6/c1-11-5-7-12(8-6-11)13-10-16-9-3-2-4-14(16)15-13;1-9-2-4-10(5-3-9)11-8-13-15-7-6-12(14)17(13)16-11;1-11-7-9-13(10-8-11)12-5-3-2-4-6-12;4*1-2/h2-10H,1H3;2-8H,14H2,1H3;2-10H,1H3;4*1-2H3. The van der Waals surface area contributed by atoms with Crippen LogP contribution in [0.1, 0.15) is 72.1 Å². The van der Waals surface area contributed by atoms with E-state index in [1.165, 1.54) is 27.8 Å². The summed E-state index contributed by atoms with van der Waals surface area (Å²) in [6, 6.07) is 45.4. The Balaban J connectivity index is 0.000000258. The summed E-state index contributed by atoms with van der Waals surface area (Å²) in [6.45, 7) is 22.3. The largest absolute Gasteiger partial charge is 0.384 e. The number of hydrogen-bond acceptors (Lipinski definition) is 4. The number of rotatable bonds is 3. The molecular formula is C48H60N6. The maximum atomic E-state index is 5.83. The van der Waals surface area contributed by atoms with Gasteiger partial charge < -0.3 is 10.1 Å². The van der Waals surface area contributed by atoms with E-state index in [1.54, 1.807) is 16.8 Å².